The molecule has 4 rings (SSSR count). The molecule has 1 aromatic heterocycles. The Bertz CT molecular complexity index is 831. The lowest BCUT2D eigenvalue weighted by molar-refractivity contribution is -0.127. The largest absolute Gasteiger partial charge is 0.492 e. The molecule has 0 spiro atoms. The van der Waals surface area contributed by atoms with Crippen LogP contribution in [0.3, 0.4) is 0 Å². The molecule has 0 radical (unpaired) electrons. The zero-order valence-electron chi connectivity index (χ0n) is 13.7. The van der Waals surface area contributed by atoms with Gasteiger partial charge < -0.3 is 19.3 Å². The topological polar surface area (TPSA) is 93.9 Å². The van der Waals surface area contributed by atoms with E-state index in [9.17, 15) is 9.59 Å². The summed E-state index contributed by atoms with van der Waals surface area (Å²) >= 11 is 0. The first-order valence-electron chi connectivity index (χ1n) is 8.14. The summed E-state index contributed by atoms with van der Waals surface area (Å²) < 4.78 is 16.3. The van der Waals surface area contributed by atoms with Gasteiger partial charge in [-0.15, -0.1) is 0 Å². The van der Waals surface area contributed by atoms with Crippen LogP contribution in [0.15, 0.2) is 28.9 Å². The van der Waals surface area contributed by atoms with Crippen molar-refractivity contribution in [3.8, 4) is 17.1 Å². The quantitative estimate of drug-likeness (QED) is 0.912. The molecule has 8 heteroatoms. The third-order valence-electron chi connectivity index (χ3n) is 4.25. The molecule has 1 aromatic carbocycles. The van der Waals surface area contributed by atoms with E-state index in [1.54, 1.807) is 18.3 Å². The molecule has 130 valence electrons. The number of likely N-dealkylation sites (N-methyl/N-ethyl adjacent to an activating group) is 1. The third-order valence-corrected chi connectivity index (χ3v) is 4.25. The summed E-state index contributed by atoms with van der Waals surface area (Å²) in [7, 11) is 0. The van der Waals surface area contributed by atoms with Gasteiger partial charge in [0.05, 0.1) is 30.6 Å². The summed E-state index contributed by atoms with van der Waals surface area (Å²) in [5.74, 6) is 1.00. The van der Waals surface area contributed by atoms with Crippen molar-refractivity contribution in [2.45, 2.75) is 19.4 Å². The lowest BCUT2D eigenvalue weighted by Crippen LogP contribution is -2.37. The number of ether oxygens (including phenoxy) is 2. The average molecular weight is 343 g/mol. The first-order valence-corrected chi connectivity index (χ1v) is 8.14. The van der Waals surface area contributed by atoms with Gasteiger partial charge in [-0.1, -0.05) is 5.16 Å². The van der Waals surface area contributed by atoms with Crippen LogP contribution in [0.5, 0.6) is 5.75 Å². The fraction of sp³-hybridized carbons (Fsp3) is 0.353. The molecule has 1 fully saturated rings. The molecule has 1 atom stereocenters. The Balaban J connectivity index is 1.62. The average Bonchev–Trinajstić information content (AvgIpc) is 3.18. The van der Waals surface area contributed by atoms with Crippen molar-refractivity contribution in [3.63, 3.8) is 0 Å². The van der Waals surface area contributed by atoms with E-state index in [0.717, 1.165) is 11.1 Å². The fourth-order valence-corrected chi connectivity index (χ4v) is 3.02. The van der Waals surface area contributed by atoms with Gasteiger partial charge in [0, 0.05) is 24.6 Å². The highest BCUT2D eigenvalue weighted by molar-refractivity contribution is 5.96. The van der Waals surface area contributed by atoms with Gasteiger partial charge in [-0.25, -0.2) is 4.79 Å². The van der Waals surface area contributed by atoms with Crippen LogP contribution in [0.25, 0.3) is 11.3 Å². The Hall–Kier alpha value is -3.03. The zero-order valence-corrected chi connectivity index (χ0v) is 13.7. The van der Waals surface area contributed by atoms with E-state index in [1.165, 1.54) is 4.90 Å². The van der Waals surface area contributed by atoms with Crippen molar-refractivity contribution in [2.75, 3.05) is 24.6 Å². The Morgan fingerprint density at radius 1 is 1.44 bits per heavy atom. The van der Waals surface area contributed by atoms with Crippen LogP contribution in [0.4, 0.5) is 10.5 Å². The van der Waals surface area contributed by atoms with E-state index < -0.39 is 12.2 Å². The second kappa shape index (κ2) is 6.12. The number of rotatable bonds is 3. The van der Waals surface area contributed by atoms with Crippen molar-refractivity contribution in [1.82, 2.24) is 10.5 Å². The summed E-state index contributed by atoms with van der Waals surface area (Å²) in [4.78, 5) is 25.5. The SMILES string of the molecule is CCNC(=O)[C@H]1CN(c2ccc3c(c2)OCCc2cnoc2-3)C(=O)O1. The second-order valence-electron chi connectivity index (χ2n) is 5.84. The van der Waals surface area contributed by atoms with E-state index >= 15 is 0 Å². The van der Waals surface area contributed by atoms with Crippen LogP contribution in [-0.2, 0) is 16.0 Å². The molecular weight excluding hydrogens is 326 g/mol. The number of aromatic nitrogens is 1. The van der Waals surface area contributed by atoms with Gasteiger partial charge in [0.25, 0.3) is 5.91 Å². The minimum absolute atomic E-state index is 0.164. The van der Waals surface area contributed by atoms with Crippen LogP contribution in [0.2, 0.25) is 0 Å². The lowest BCUT2D eigenvalue weighted by atomic mass is 10.1. The Kier molecular flexibility index (Phi) is 3.79. The first-order chi connectivity index (χ1) is 12.2. The highest BCUT2D eigenvalue weighted by Gasteiger charge is 2.37. The van der Waals surface area contributed by atoms with Crippen LogP contribution >= 0.6 is 0 Å². The number of hydrogen-bond donors (Lipinski definition) is 1. The number of nitrogens with one attached hydrogen (secondary N) is 1. The molecule has 1 saturated heterocycles. The van der Waals surface area contributed by atoms with Crippen LogP contribution in [-0.4, -0.2) is 43.0 Å². The highest BCUT2D eigenvalue weighted by atomic mass is 16.6. The number of amides is 2. The van der Waals surface area contributed by atoms with Gasteiger partial charge >= 0.3 is 6.09 Å². The second-order valence-corrected chi connectivity index (χ2v) is 5.84. The van der Waals surface area contributed by atoms with Gasteiger partial charge in [-0.2, -0.15) is 0 Å². The number of cyclic esters (lactones) is 1. The van der Waals surface area contributed by atoms with Crippen LogP contribution < -0.4 is 15.0 Å². The zero-order chi connectivity index (χ0) is 17.4. The molecular formula is C17H17N3O5. The normalized spacial score (nSPS) is 18.7. The molecule has 0 aliphatic carbocycles. The number of benzene rings is 1. The predicted molar refractivity (Wildman–Crippen MR) is 87.4 cm³/mol. The number of anilines is 1. The lowest BCUT2D eigenvalue weighted by Gasteiger charge is -2.15. The molecule has 2 aliphatic heterocycles. The van der Waals surface area contributed by atoms with Gasteiger partial charge in [0.1, 0.15) is 5.75 Å². The molecule has 8 nitrogen and oxygen atoms in total. The molecule has 3 heterocycles. The first kappa shape index (κ1) is 15.5. The Labute approximate surface area is 143 Å². The summed E-state index contributed by atoms with van der Waals surface area (Å²) in [6, 6.07) is 5.36. The number of carbonyl (C=O) groups excluding carboxylic acids is 2. The maximum atomic E-state index is 12.1. The number of hydrogen-bond acceptors (Lipinski definition) is 6. The van der Waals surface area contributed by atoms with E-state index in [2.05, 4.69) is 10.5 Å². The monoisotopic (exact) mass is 343 g/mol. The van der Waals surface area contributed by atoms with Crippen molar-refractivity contribution in [1.29, 1.82) is 0 Å². The molecule has 25 heavy (non-hydrogen) atoms. The van der Waals surface area contributed by atoms with Crippen molar-refractivity contribution >= 4 is 17.7 Å². The maximum Gasteiger partial charge on any atom is 0.415 e. The van der Waals surface area contributed by atoms with E-state index in [4.69, 9.17) is 14.0 Å². The van der Waals surface area contributed by atoms with Gasteiger partial charge in [0.15, 0.2) is 11.9 Å². The molecule has 1 N–H and O–H groups in total. The molecule has 2 aromatic rings. The third kappa shape index (κ3) is 2.69. The van der Waals surface area contributed by atoms with Crippen molar-refractivity contribution in [2.24, 2.45) is 0 Å². The number of fused-ring (bicyclic) bond motifs is 3. The minimum atomic E-state index is -0.812. The standard InChI is InChI=1S/C17H17N3O5/c1-2-18-16(21)14-9-20(17(22)24-14)11-3-4-12-13(7-11)23-6-5-10-8-19-25-15(10)12/h3-4,7-8,14H,2,5-6,9H2,1H3,(H,18,21)/t14-/m1/s1. The van der Waals surface area contributed by atoms with Crippen molar-refractivity contribution in [3.05, 3.63) is 30.0 Å². The van der Waals surface area contributed by atoms with Crippen LogP contribution in [0, 0.1) is 0 Å². The van der Waals surface area contributed by atoms with Crippen molar-refractivity contribution < 1.29 is 23.6 Å². The molecule has 2 aliphatic rings. The molecule has 0 saturated carbocycles. The van der Waals surface area contributed by atoms with Gasteiger partial charge in [-0.05, 0) is 19.1 Å². The summed E-state index contributed by atoms with van der Waals surface area (Å²) in [5, 5.41) is 6.50. The van der Waals surface area contributed by atoms with Crippen LogP contribution in [0.1, 0.15) is 12.5 Å². The highest BCUT2D eigenvalue weighted by Crippen LogP contribution is 2.38. The van der Waals surface area contributed by atoms with Gasteiger partial charge in [-0.3, -0.25) is 9.69 Å². The Morgan fingerprint density at radius 2 is 2.32 bits per heavy atom. The van der Waals surface area contributed by atoms with Gasteiger partial charge in [0.2, 0.25) is 0 Å². The smallest absolute Gasteiger partial charge is 0.415 e. The number of carbonyl (C=O) groups is 2. The Morgan fingerprint density at radius 3 is 3.16 bits per heavy atom. The summed E-state index contributed by atoms with van der Waals surface area (Å²) in [6.45, 7) is 2.96. The molecule has 0 bridgehead atoms. The maximum absolute atomic E-state index is 12.1. The molecule has 2 amide bonds. The fourth-order valence-electron chi connectivity index (χ4n) is 3.02. The minimum Gasteiger partial charge on any atom is -0.492 e. The summed E-state index contributed by atoms with van der Waals surface area (Å²) in [5.41, 5.74) is 2.39. The van der Waals surface area contributed by atoms with E-state index in [-0.39, 0.29) is 12.5 Å². The predicted octanol–water partition coefficient (Wildman–Crippen LogP) is 1.74. The molecule has 0 unspecified atom stereocenters. The number of nitrogens with zero attached hydrogens (tertiary/aromatic N) is 2. The van der Waals surface area contributed by atoms with E-state index in [1.807, 2.05) is 13.0 Å². The van der Waals surface area contributed by atoms with E-state index in [0.29, 0.717) is 36.8 Å². The summed E-state index contributed by atoms with van der Waals surface area (Å²) in [6.07, 6.45) is 1.03.